The van der Waals surface area contributed by atoms with Crippen LogP contribution in [0.2, 0.25) is 0 Å². The molecule has 0 aliphatic heterocycles. The van der Waals surface area contributed by atoms with Crippen LogP contribution in [0.15, 0.2) is 28.7 Å². The fourth-order valence-corrected chi connectivity index (χ4v) is 1.22. The second-order valence-electron chi connectivity index (χ2n) is 4.73. The largest absolute Gasteiger partial charge is 0.491 e. The number of benzene rings is 1. The molecule has 4 nitrogen and oxygen atoms in total. The maximum atomic E-state index is 9.77. The number of carbonyl (C=O) groups excluding carboxylic acids is 2. The van der Waals surface area contributed by atoms with Crippen molar-refractivity contribution in [3.05, 3.63) is 28.7 Å². The van der Waals surface area contributed by atoms with Gasteiger partial charge in [-0.25, -0.2) is 0 Å². The molecule has 1 rings (SSSR count). The normalized spacial score (nSPS) is 11.8. The number of aliphatic hydroxyl groups is 1. The lowest BCUT2D eigenvalue weighted by Gasteiger charge is -2.25. The monoisotopic (exact) mass is 316 g/mol. The molecule has 5 heteroatoms. The van der Waals surface area contributed by atoms with Crippen molar-refractivity contribution in [1.82, 2.24) is 0 Å². The zero-order valence-electron chi connectivity index (χ0n) is 10.6. The van der Waals surface area contributed by atoms with Crippen LogP contribution >= 0.6 is 15.9 Å². The Hall–Kier alpha value is -1.16. The summed E-state index contributed by atoms with van der Waals surface area (Å²) in [5.74, 6) is 0.779. The van der Waals surface area contributed by atoms with Gasteiger partial charge >= 0.3 is 6.15 Å². The van der Waals surface area contributed by atoms with Crippen molar-refractivity contribution in [2.45, 2.75) is 26.9 Å². The van der Waals surface area contributed by atoms with Gasteiger partial charge in [0.05, 0.1) is 6.10 Å². The average molecular weight is 317 g/mol. The second-order valence-corrected chi connectivity index (χ2v) is 5.65. The average Bonchev–Trinajstić information content (AvgIpc) is 2.27. The Morgan fingerprint density at radius 2 is 1.72 bits per heavy atom. The summed E-state index contributed by atoms with van der Waals surface area (Å²) in [6.45, 7) is 6.29. The van der Waals surface area contributed by atoms with E-state index in [2.05, 4.69) is 15.9 Å². The fraction of sp³-hybridized carbons (Fsp3) is 0.462. The van der Waals surface area contributed by atoms with E-state index in [1.807, 2.05) is 45.0 Å². The summed E-state index contributed by atoms with van der Waals surface area (Å²) in [5.41, 5.74) is -0.143. The molecule has 0 saturated carbocycles. The maximum Gasteiger partial charge on any atom is 0.373 e. The van der Waals surface area contributed by atoms with Crippen molar-refractivity contribution in [3.63, 3.8) is 0 Å². The van der Waals surface area contributed by atoms with E-state index in [0.717, 1.165) is 10.2 Å². The summed E-state index contributed by atoms with van der Waals surface area (Å²) < 4.78 is 6.50. The van der Waals surface area contributed by atoms with E-state index in [9.17, 15) is 5.11 Å². The van der Waals surface area contributed by atoms with E-state index in [4.69, 9.17) is 14.3 Å². The predicted molar refractivity (Wildman–Crippen MR) is 70.1 cm³/mol. The van der Waals surface area contributed by atoms with Crippen LogP contribution in [0.25, 0.3) is 0 Å². The molecule has 0 aromatic heterocycles. The number of hydrogen-bond donors (Lipinski definition) is 1. The number of aliphatic hydroxyl groups excluding tert-OH is 1. The molecule has 1 aromatic carbocycles. The highest BCUT2D eigenvalue weighted by molar-refractivity contribution is 9.10. The van der Waals surface area contributed by atoms with E-state index in [1.165, 1.54) is 0 Å². The molecule has 0 aliphatic carbocycles. The Bertz CT molecular complexity index is 375. The van der Waals surface area contributed by atoms with Gasteiger partial charge in [0.2, 0.25) is 0 Å². The molecule has 0 unspecified atom stereocenters. The molecule has 0 saturated heterocycles. The topological polar surface area (TPSA) is 63.6 Å². The predicted octanol–water partition coefficient (Wildman–Crippen LogP) is 2.65. The van der Waals surface area contributed by atoms with Gasteiger partial charge in [-0.05, 0) is 29.7 Å². The summed E-state index contributed by atoms with van der Waals surface area (Å²) in [6, 6.07) is 7.58. The first-order valence-electron chi connectivity index (χ1n) is 5.37. The summed E-state index contributed by atoms with van der Waals surface area (Å²) in [6.07, 6.45) is -0.207. The third kappa shape index (κ3) is 7.22. The molecule has 1 atom stereocenters. The van der Waals surface area contributed by atoms with Crippen molar-refractivity contribution in [3.8, 4) is 5.75 Å². The quantitative estimate of drug-likeness (QED) is 0.931. The Balaban J connectivity index is 0.000000873. The van der Waals surface area contributed by atoms with E-state index in [0.29, 0.717) is 6.61 Å². The Morgan fingerprint density at radius 3 is 2.11 bits per heavy atom. The SMILES string of the molecule is CC(C)(C)[C@H](O)COc1ccc(Br)cc1.O=C=O. The molecular formula is C13H17BrO4. The van der Waals surface area contributed by atoms with Gasteiger partial charge in [0.25, 0.3) is 0 Å². The number of hydrogen-bond acceptors (Lipinski definition) is 4. The summed E-state index contributed by atoms with van der Waals surface area (Å²) in [4.78, 5) is 16.2. The van der Waals surface area contributed by atoms with Crippen LogP contribution in [0, 0.1) is 5.41 Å². The smallest absolute Gasteiger partial charge is 0.373 e. The van der Waals surface area contributed by atoms with Crippen LogP contribution in [0.4, 0.5) is 0 Å². The maximum absolute atomic E-state index is 9.77. The summed E-state index contributed by atoms with van der Waals surface area (Å²) in [7, 11) is 0. The van der Waals surface area contributed by atoms with Crippen LogP contribution in [0.1, 0.15) is 20.8 Å². The highest BCUT2D eigenvalue weighted by atomic mass is 79.9. The molecule has 1 N–H and O–H groups in total. The Morgan fingerprint density at radius 1 is 1.28 bits per heavy atom. The first-order valence-corrected chi connectivity index (χ1v) is 6.16. The zero-order chi connectivity index (χ0) is 14.2. The number of rotatable bonds is 3. The van der Waals surface area contributed by atoms with Crippen molar-refractivity contribution in [2.75, 3.05) is 6.61 Å². The summed E-state index contributed by atoms with van der Waals surface area (Å²) >= 11 is 3.35. The summed E-state index contributed by atoms with van der Waals surface area (Å²) in [5, 5.41) is 9.77. The lowest BCUT2D eigenvalue weighted by atomic mass is 9.90. The standard InChI is InChI=1S/C12H17BrO2.CO2/c1-12(2,3)11(14)8-15-10-6-4-9(13)5-7-10;2-1-3/h4-7,11,14H,8H2,1-3H3;/t11-;/m1./s1. The first-order chi connectivity index (χ1) is 8.31. The zero-order valence-corrected chi connectivity index (χ0v) is 12.2. The third-order valence-electron chi connectivity index (χ3n) is 2.22. The molecule has 0 aliphatic rings. The molecule has 1 aromatic rings. The molecule has 0 bridgehead atoms. The van der Waals surface area contributed by atoms with Crippen LogP contribution in [-0.2, 0) is 9.59 Å². The minimum Gasteiger partial charge on any atom is -0.491 e. The second kappa shape index (κ2) is 8.03. The van der Waals surface area contributed by atoms with Gasteiger partial charge < -0.3 is 9.84 Å². The van der Waals surface area contributed by atoms with Crippen LogP contribution in [0.3, 0.4) is 0 Å². The van der Waals surface area contributed by atoms with Crippen molar-refractivity contribution >= 4 is 22.1 Å². The molecule has 0 heterocycles. The van der Waals surface area contributed by atoms with Crippen LogP contribution in [-0.4, -0.2) is 24.0 Å². The Kier molecular flexibility index (Phi) is 7.51. The minimum absolute atomic E-state index is 0.143. The van der Waals surface area contributed by atoms with Gasteiger partial charge in [-0.3, -0.25) is 0 Å². The van der Waals surface area contributed by atoms with E-state index >= 15 is 0 Å². The molecule has 0 spiro atoms. The van der Waals surface area contributed by atoms with Gasteiger partial charge in [-0.15, -0.1) is 0 Å². The first kappa shape index (κ1) is 16.8. The molecular weight excluding hydrogens is 300 g/mol. The van der Waals surface area contributed by atoms with Gasteiger partial charge in [0, 0.05) is 4.47 Å². The fourth-order valence-electron chi connectivity index (χ4n) is 0.956. The number of ether oxygens (including phenoxy) is 1. The molecule has 0 radical (unpaired) electrons. The van der Waals surface area contributed by atoms with Crippen molar-refractivity contribution < 1.29 is 19.4 Å². The van der Waals surface area contributed by atoms with Crippen LogP contribution in [0.5, 0.6) is 5.75 Å². The number of halogens is 1. The highest BCUT2D eigenvalue weighted by Gasteiger charge is 2.22. The van der Waals surface area contributed by atoms with Crippen LogP contribution < -0.4 is 4.74 Å². The lowest BCUT2D eigenvalue weighted by molar-refractivity contribution is -0.191. The van der Waals surface area contributed by atoms with Gasteiger partial charge in [-0.1, -0.05) is 36.7 Å². The van der Waals surface area contributed by atoms with E-state index in [1.54, 1.807) is 0 Å². The van der Waals surface area contributed by atoms with Crippen molar-refractivity contribution in [2.24, 2.45) is 5.41 Å². The van der Waals surface area contributed by atoms with Crippen molar-refractivity contribution in [1.29, 1.82) is 0 Å². The van der Waals surface area contributed by atoms with E-state index < -0.39 is 6.10 Å². The minimum atomic E-state index is -0.457. The van der Waals surface area contributed by atoms with Gasteiger partial charge in [0.15, 0.2) is 0 Å². The highest BCUT2D eigenvalue weighted by Crippen LogP contribution is 2.21. The third-order valence-corrected chi connectivity index (χ3v) is 2.75. The molecule has 0 fully saturated rings. The Labute approximate surface area is 115 Å². The lowest BCUT2D eigenvalue weighted by Crippen LogP contribution is -2.31. The molecule has 0 amide bonds. The van der Waals surface area contributed by atoms with E-state index in [-0.39, 0.29) is 11.6 Å². The van der Waals surface area contributed by atoms with Gasteiger partial charge in [0.1, 0.15) is 12.4 Å². The van der Waals surface area contributed by atoms with Gasteiger partial charge in [-0.2, -0.15) is 9.59 Å². The molecule has 100 valence electrons. The molecule has 18 heavy (non-hydrogen) atoms.